The molecule has 5 heteroatoms. The highest BCUT2D eigenvalue weighted by molar-refractivity contribution is 5.62. The largest absolute Gasteiger partial charge is 0.375 e. The van der Waals surface area contributed by atoms with Crippen LogP contribution in [0.5, 0.6) is 0 Å². The van der Waals surface area contributed by atoms with E-state index < -0.39 is 0 Å². The van der Waals surface area contributed by atoms with Crippen molar-refractivity contribution in [2.24, 2.45) is 5.73 Å². The lowest BCUT2D eigenvalue weighted by Crippen LogP contribution is -2.07. The van der Waals surface area contributed by atoms with Gasteiger partial charge in [-0.15, -0.1) is 0 Å². The first kappa shape index (κ1) is 14.0. The van der Waals surface area contributed by atoms with E-state index in [1.54, 1.807) is 12.1 Å². The fraction of sp³-hybridized carbons (Fsp3) is 0.200. The normalized spacial score (nSPS) is 10.3. The molecule has 0 radical (unpaired) electrons. The van der Waals surface area contributed by atoms with Gasteiger partial charge < -0.3 is 11.1 Å². The van der Waals surface area contributed by atoms with E-state index in [9.17, 15) is 10.1 Å². The van der Waals surface area contributed by atoms with Crippen molar-refractivity contribution in [1.29, 1.82) is 0 Å². The predicted octanol–water partition coefficient (Wildman–Crippen LogP) is 2.97. The van der Waals surface area contributed by atoms with Crippen LogP contribution in [0.15, 0.2) is 42.5 Å². The highest BCUT2D eigenvalue weighted by Gasteiger charge is 2.13. The molecule has 3 N–H and O–H groups in total. The van der Waals surface area contributed by atoms with Crippen molar-refractivity contribution >= 4 is 11.4 Å². The summed E-state index contributed by atoms with van der Waals surface area (Å²) in [5, 5.41) is 14.1. The topological polar surface area (TPSA) is 81.2 Å². The molecule has 104 valence electrons. The molecule has 0 aliphatic rings. The number of nitro benzene ring substituents is 1. The van der Waals surface area contributed by atoms with Crippen LogP contribution in [0, 0.1) is 17.0 Å². The van der Waals surface area contributed by atoms with Gasteiger partial charge in [0.05, 0.1) is 4.92 Å². The second kappa shape index (κ2) is 6.16. The average Bonchev–Trinajstić information content (AvgIpc) is 2.45. The van der Waals surface area contributed by atoms with Crippen LogP contribution >= 0.6 is 0 Å². The molecule has 0 saturated carbocycles. The van der Waals surface area contributed by atoms with Crippen molar-refractivity contribution in [3.8, 4) is 0 Å². The SMILES string of the molecule is Cc1ccc([N+](=O)[O-])c(NCc2ccccc2CN)c1. The number of hydrogen-bond acceptors (Lipinski definition) is 4. The van der Waals surface area contributed by atoms with Gasteiger partial charge in [-0.2, -0.15) is 0 Å². The lowest BCUT2D eigenvalue weighted by Gasteiger charge is -2.11. The van der Waals surface area contributed by atoms with E-state index in [1.807, 2.05) is 31.2 Å². The van der Waals surface area contributed by atoms with Crippen LogP contribution in [0.1, 0.15) is 16.7 Å². The minimum Gasteiger partial charge on any atom is -0.375 e. The number of benzene rings is 2. The van der Waals surface area contributed by atoms with E-state index in [0.717, 1.165) is 16.7 Å². The predicted molar refractivity (Wildman–Crippen MR) is 79.5 cm³/mol. The van der Waals surface area contributed by atoms with Crippen LogP contribution in [0.4, 0.5) is 11.4 Å². The Morgan fingerprint density at radius 1 is 1.20 bits per heavy atom. The molecule has 0 amide bonds. The molecular formula is C15H17N3O2. The summed E-state index contributed by atoms with van der Waals surface area (Å²) < 4.78 is 0. The molecule has 0 saturated heterocycles. The van der Waals surface area contributed by atoms with Crippen molar-refractivity contribution in [2.45, 2.75) is 20.0 Å². The molecule has 20 heavy (non-hydrogen) atoms. The first-order valence-electron chi connectivity index (χ1n) is 6.37. The van der Waals surface area contributed by atoms with Crippen LogP contribution in [0.25, 0.3) is 0 Å². The zero-order valence-electron chi connectivity index (χ0n) is 11.3. The van der Waals surface area contributed by atoms with Crippen LogP contribution in [0.3, 0.4) is 0 Å². The monoisotopic (exact) mass is 271 g/mol. The Balaban J connectivity index is 2.22. The van der Waals surface area contributed by atoms with Gasteiger partial charge in [-0.3, -0.25) is 10.1 Å². The Kier molecular flexibility index (Phi) is 4.32. The highest BCUT2D eigenvalue weighted by atomic mass is 16.6. The van der Waals surface area contributed by atoms with E-state index in [1.165, 1.54) is 6.07 Å². The van der Waals surface area contributed by atoms with Gasteiger partial charge in [-0.05, 0) is 29.7 Å². The molecule has 0 unspecified atom stereocenters. The Morgan fingerprint density at radius 2 is 1.90 bits per heavy atom. The lowest BCUT2D eigenvalue weighted by atomic mass is 10.1. The maximum Gasteiger partial charge on any atom is 0.292 e. The molecule has 0 aliphatic heterocycles. The number of nitro groups is 1. The average molecular weight is 271 g/mol. The number of aryl methyl sites for hydroxylation is 1. The minimum atomic E-state index is -0.378. The summed E-state index contributed by atoms with van der Waals surface area (Å²) >= 11 is 0. The zero-order chi connectivity index (χ0) is 14.5. The molecule has 0 aliphatic carbocycles. The summed E-state index contributed by atoms with van der Waals surface area (Å²) in [4.78, 5) is 10.6. The van der Waals surface area contributed by atoms with Crippen molar-refractivity contribution in [2.75, 3.05) is 5.32 Å². The van der Waals surface area contributed by atoms with Gasteiger partial charge in [-0.1, -0.05) is 30.3 Å². The number of nitrogens with one attached hydrogen (secondary N) is 1. The molecule has 0 bridgehead atoms. The molecule has 2 aromatic carbocycles. The Hall–Kier alpha value is -2.40. The van der Waals surface area contributed by atoms with Crippen LogP contribution in [-0.2, 0) is 13.1 Å². The number of anilines is 1. The molecular weight excluding hydrogens is 254 g/mol. The van der Waals surface area contributed by atoms with Crippen LogP contribution in [0.2, 0.25) is 0 Å². The van der Waals surface area contributed by atoms with Crippen molar-refractivity contribution in [3.63, 3.8) is 0 Å². The number of nitrogens with two attached hydrogens (primary N) is 1. The van der Waals surface area contributed by atoms with Crippen molar-refractivity contribution in [3.05, 3.63) is 69.3 Å². The highest BCUT2D eigenvalue weighted by Crippen LogP contribution is 2.26. The third-order valence-electron chi connectivity index (χ3n) is 3.16. The fourth-order valence-corrected chi connectivity index (χ4v) is 2.07. The van der Waals surface area contributed by atoms with Gasteiger partial charge in [0.25, 0.3) is 5.69 Å². The third-order valence-corrected chi connectivity index (χ3v) is 3.16. The molecule has 2 aromatic rings. The third kappa shape index (κ3) is 3.13. The number of rotatable bonds is 5. The maximum atomic E-state index is 11.0. The van der Waals surface area contributed by atoms with Gasteiger partial charge >= 0.3 is 0 Å². The first-order chi connectivity index (χ1) is 9.61. The van der Waals surface area contributed by atoms with E-state index in [4.69, 9.17) is 5.73 Å². The van der Waals surface area contributed by atoms with Crippen LogP contribution < -0.4 is 11.1 Å². The Labute approximate surface area is 117 Å². The fourth-order valence-electron chi connectivity index (χ4n) is 2.07. The van der Waals surface area contributed by atoms with E-state index in [2.05, 4.69) is 5.32 Å². The Morgan fingerprint density at radius 3 is 2.55 bits per heavy atom. The number of hydrogen-bond donors (Lipinski definition) is 2. The van der Waals surface area contributed by atoms with Gasteiger partial charge in [0.15, 0.2) is 0 Å². The van der Waals surface area contributed by atoms with E-state index in [0.29, 0.717) is 18.8 Å². The van der Waals surface area contributed by atoms with Gasteiger partial charge in [0, 0.05) is 19.2 Å². The maximum absolute atomic E-state index is 11.0. The van der Waals surface area contributed by atoms with Gasteiger partial charge in [0.1, 0.15) is 5.69 Å². The molecule has 0 heterocycles. The van der Waals surface area contributed by atoms with E-state index >= 15 is 0 Å². The second-order valence-electron chi connectivity index (χ2n) is 4.60. The number of nitrogens with zero attached hydrogens (tertiary/aromatic N) is 1. The van der Waals surface area contributed by atoms with Crippen molar-refractivity contribution < 1.29 is 4.92 Å². The minimum absolute atomic E-state index is 0.0841. The van der Waals surface area contributed by atoms with Crippen molar-refractivity contribution in [1.82, 2.24) is 0 Å². The second-order valence-corrected chi connectivity index (χ2v) is 4.60. The summed E-state index contributed by atoms with van der Waals surface area (Å²) in [5.41, 5.74) is 9.36. The molecule has 2 rings (SSSR count). The summed E-state index contributed by atoms with van der Waals surface area (Å²) in [6.45, 7) is 2.87. The van der Waals surface area contributed by atoms with Gasteiger partial charge in [-0.25, -0.2) is 0 Å². The summed E-state index contributed by atoms with van der Waals surface area (Å²) in [7, 11) is 0. The smallest absolute Gasteiger partial charge is 0.292 e. The lowest BCUT2D eigenvalue weighted by molar-refractivity contribution is -0.384. The summed E-state index contributed by atoms with van der Waals surface area (Å²) in [6, 6.07) is 12.8. The zero-order valence-corrected chi connectivity index (χ0v) is 11.3. The van der Waals surface area contributed by atoms with Gasteiger partial charge in [0.2, 0.25) is 0 Å². The Bertz CT molecular complexity index is 626. The summed E-state index contributed by atoms with van der Waals surface area (Å²) in [6.07, 6.45) is 0. The van der Waals surface area contributed by atoms with E-state index in [-0.39, 0.29) is 10.6 Å². The molecule has 0 fully saturated rings. The molecule has 0 spiro atoms. The quantitative estimate of drug-likeness (QED) is 0.647. The molecule has 0 aromatic heterocycles. The van der Waals surface area contributed by atoms with Crippen LogP contribution in [-0.4, -0.2) is 4.92 Å². The first-order valence-corrected chi connectivity index (χ1v) is 6.37. The summed E-state index contributed by atoms with van der Waals surface area (Å²) in [5.74, 6) is 0. The standard InChI is InChI=1S/C15H17N3O2/c1-11-6-7-15(18(19)20)14(8-11)17-10-13-5-3-2-4-12(13)9-16/h2-8,17H,9-10,16H2,1H3. The molecule has 5 nitrogen and oxygen atoms in total. The molecule has 0 atom stereocenters.